The molecule has 0 saturated heterocycles. The van der Waals surface area contributed by atoms with Gasteiger partial charge in [-0.15, -0.1) is 0 Å². The predicted octanol–water partition coefficient (Wildman–Crippen LogP) is 3.02. The lowest BCUT2D eigenvalue weighted by molar-refractivity contribution is 0.0933. The van der Waals surface area contributed by atoms with Gasteiger partial charge in [0.2, 0.25) is 0 Å². The molecule has 0 radical (unpaired) electrons. The summed E-state index contributed by atoms with van der Waals surface area (Å²) in [6.07, 6.45) is 1.11. The Morgan fingerprint density at radius 2 is 2.05 bits per heavy atom. The van der Waals surface area contributed by atoms with Crippen molar-refractivity contribution >= 4 is 11.5 Å². The molecule has 2 aromatic carbocycles. The average molecular weight is 281 g/mol. The van der Waals surface area contributed by atoms with Gasteiger partial charge in [0.05, 0.1) is 17.9 Å². The molecule has 0 amide bonds. The van der Waals surface area contributed by atoms with Gasteiger partial charge in [0, 0.05) is 12.8 Å². The Labute approximate surface area is 122 Å². The summed E-state index contributed by atoms with van der Waals surface area (Å²) >= 11 is 0. The van der Waals surface area contributed by atoms with Crippen molar-refractivity contribution in [2.75, 3.05) is 11.9 Å². The van der Waals surface area contributed by atoms with Crippen LogP contribution in [0, 0.1) is 0 Å². The number of carbonyl (C=O) groups excluding carboxylic acids is 1. The van der Waals surface area contributed by atoms with E-state index in [0.717, 1.165) is 23.4 Å². The first-order valence-electron chi connectivity index (χ1n) is 7.11. The minimum atomic E-state index is -0.0836. The molecule has 0 saturated carbocycles. The van der Waals surface area contributed by atoms with E-state index in [0.29, 0.717) is 24.3 Å². The van der Waals surface area contributed by atoms with Crippen molar-refractivity contribution in [3.63, 3.8) is 0 Å². The van der Waals surface area contributed by atoms with E-state index in [9.17, 15) is 4.79 Å². The fourth-order valence-electron chi connectivity index (χ4n) is 2.78. The van der Waals surface area contributed by atoms with Gasteiger partial charge in [-0.3, -0.25) is 4.79 Å². The molecule has 21 heavy (non-hydrogen) atoms. The highest BCUT2D eigenvalue weighted by Crippen LogP contribution is 2.33. The standard InChI is InChI=1S/C17H15NO3/c19-14-7-8-20-16-9-11(5-6-12(14)16)10-17-18-13-3-1-2-4-15(13)21-17/h1-6,9,17-18H,7-8,10H2. The Hall–Kier alpha value is -2.49. The molecule has 1 unspecified atom stereocenters. The molecule has 106 valence electrons. The molecule has 2 aliphatic heterocycles. The molecular formula is C17H15NO3. The monoisotopic (exact) mass is 281 g/mol. The number of para-hydroxylation sites is 2. The van der Waals surface area contributed by atoms with E-state index in [4.69, 9.17) is 9.47 Å². The first-order chi connectivity index (χ1) is 10.3. The summed E-state index contributed by atoms with van der Waals surface area (Å²) in [6, 6.07) is 13.7. The molecule has 2 aliphatic rings. The Bertz CT molecular complexity index is 686. The van der Waals surface area contributed by atoms with Crippen LogP contribution in [0.1, 0.15) is 22.3 Å². The second kappa shape index (κ2) is 4.81. The topological polar surface area (TPSA) is 47.6 Å². The SMILES string of the molecule is O=C1CCOc2cc(CC3Nc4ccccc4O3)ccc21. The third kappa shape index (κ3) is 2.23. The van der Waals surface area contributed by atoms with Crippen LogP contribution in [0.15, 0.2) is 42.5 Å². The number of benzene rings is 2. The molecule has 4 nitrogen and oxygen atoms in total. The molecule has 0 aliphatic carbocycles. The minimum absolute atomic E-state index is 0.0836. The summed E-state index contributed by atoms with van der Waals surface area (Å²) in [4.78, 5) is 11.8. The lowest BCUT2D eigenvalue weighted by Crippen LogP contribution is -2.23. The molecule has 4 rings (SSSR count). The lowest BCUT2D eigenvalue weighted by atomic mass is 10.0. The van der Waals surface area contributed by atoms with Crippen molar-refractivity contribution in [2.45, 2.75) is 19.1 Å². The predicted molar refractivity (Wildman–Crippen MR) is 79.1 cm³/mol. The van der Waals surface area contributed by atoms with Crippen LogP contribution in [0.5, 0.6) is 11.5 Å². The van der Waals surface area contributed by atoms with Crippen LogP contribution in [0.3, 0.4) is 0 Å². The lowest BCUT2D eigenvalue weighted by Gasteiger charge is -2.18. The number of nitrogens with one attached hydrogen (secondary N) is 1. The maximum atomic E-state index is 11.8. The highest BCUT2D eigenvalue weighted by atomic mass is 16.5. The van der Waals surface area contributed by atoms with E-state index >= 15 is 0 Å². The van der Waals surface area contributed by atoms with Gasteiger partial charge < -0.3 is 14.8 Å². The second-order valence-electron chi connectivity index (χ2n) is 5.30. The van der Waals surface area contributed by atoms with Gasteiger partial charge in [-0.2, -0.15) is 0 Å². The Kier molecular flexibility index (Phi) is 2.81. The maximum Gasteiger partial charge on any atom is 0.174 e. The van der Waals surface area contributed by atoms with Crippen LogP contribution in [0.25, 0.3) is 0 Å². The van der Waals surface area contributed by atoms with Crippen LogP contribution < -0.4 is 14.8 Å². The summed E-state index contributed by atoms with van der Waals surface area (Å²) in [6.45, 7) is 0.471. The molecule has 4 heteroatoms. The Balaban J connectivity index is 1.53. The van der Waals surface area contributed by atoms with Gasteiger partial charge >= 0.3 is 0 Å². The second-order valence-corrected chi connectivity index (χ2v) is 5.30. The molecule has 0 fully saturated rings. The van der Waals surface area contributed by atoms with E-state index in [1.54, 1.807) is 0 Å². The molecule has 0 bridgehead atoms. The number of ether oxygens (including phenoxy) is 2. The van der Waals surface area contributed by atoms with Gasteiger partial charge in [0.1, 0.15) is 11.5 Å². The number of hydrogen-bond acceptors (Lipinski definition) is 4. The van der Waals surface area contributed by atoms with Crippen molar-refractivity contribution < 1.29 is 14.3 Å². The number of anilines is 1. The van der Waals surface area contributed by atoms with Crippen LogP contribution in [0.2, 0.25) is 0 Å². The zero-order chi connectivity index (χ0) is 14.2. The largest absolute Gasteiger partial charge is 0.492 e. The van der Waals surface area contributed by atoms with Gasteiger partial charge in [-0.1, -0.05) is 18.2 Å². The number of hydrogen-bond donors (Lipinski definition) is 1. The number of Topliss-reactive ketones (excluding diaryl/α,β-unsaturated/α-hetero) is 1. The first kappa shape index (κ1) is 12.3. The molecule has 2 aromatic rings. The molecule has 1 N–H and O–H groups in total. The number of fused-ring (bicyclic) bond motifs is 2. The normalized spacial score (nSPS) is 19.0. The first-order valence-corrected chi connectivity index (χ1v) is 7.11. The number of ketones is 1. The highest BCUT2D eigenvalue weighted by molar-refractivity contribution is 5.99. The van der Waals surface area contributed by atoms with E-state index in [-0.39, 0.29) is 12.0 Å². The molecular weight excluding hydrogens is 266 g/mol. The Morgan fingerprint density at radius 1 is 1.14 bits per heavy atom. The summed E-state index contributed by atoms with van der Waals surface area (Å²) in [5, 5.41) is 3.34. The van der Waals surface area contributed by atoms with Crippen LogP contribution in [-0.2, 0) is 6.42 Å². The highest BCUT2D eigenvalue weighted by Gasteiger charge is 2.23. The summed E-state index contributed by atoms with van der Waals surface area (Å²) in [5.41, 5.74) is 2.80. The number of rotatable bonds is 2. The van der Waals surface area contributed by atoms with E-state index < -0.39 is 0 Å². The minimum Gasteiger partial charge on any atom is -0.492 e. The van der Waals surface area contributed by atoms with Gasteiger partial charge in [0.15, 0.2) is 12.0 Å². The quantitative estimate of drug-likeness (QED) is 0.919. The van der Waals surface area contributed by atoms with Crippen LogP contribution in [0.4, 0.5) is 5.69 Å². The van der Waals surface area contributed by atoms with Crippen molar-refractivity contribution in [1.29, 1.82) is 0 Å². The van der Waals surface area contributed by atoms with Crippen molar-refractivity contribution in [1.82, 2.24) is 0 Å². The summed E-state index contributed by atoms with van der Waals surface area (Å²) in [7, 11) is 0. The maximum absolute atomic E-state index is 11.8. The van der Waals surface area contributed by atoms with Crippen molar-refractivity contribution in [3.05, 3.63) is 53.6 Å². The fourth-order valence-corrected chi connectivity index (χ4v) is 2.78. The van der Waals surface area contributed by atoms with E-state index in [1.165, 1.54) is 0 Å². The molecule has 2 heterocycles. The van der Waals surface area contributed by atoms with Crippen LogP contribution in [-0.4, -0.2) is 18.6 Å². The zero-order valence-electron chi connectivity index (χ0n) is 11.5. The molecule has 0 spiro atoms. The zero-order valence-corrected chi connectivity index (χ0v) is 11.5. The van der Waals surface area contributed by atoms with Crippen molar-refractivity contribution in [3.8, 4) is 11.5 Å². The van der Waals surface area contributed by atoms with Gasteiger partial charge in [-0.25, -0.2) is 0 Å². The summed E-state index contributed by atoms with van der Waals surface area (Å²) in [5.74, 6) is 1.73. The average Bonchev–Trinajstić information content (AvgIpc) is 2.89. The van der Waals surface area contributed by atoms with E-state index in [2.05, 4.69) is 5.32 Å². The Morgan fingerprint density at radius 3 is 2.95 bits per heavy atom. The third-order valence-electron chi connectivity index (χ3n) is 3.83. The smallest absolute Gasteiger partial charge is 0.174 e. The molecule has 0 aromatic heterocycles. The van der Waals surface area contributed by atoms with Crippen molar-refractivity contribution in [2.24, 2.45) is 0 Å². The van der Waals surface area contributed by atoms with Gasteiger partial charge in [0.25, 0.3) is 0 Å². The van der Waals surface area contributed by atoms with E-state index in [1.807, 2.05) is 42.5 Å². The fraction of sp³-hybridized carbons (Fsp3) is 0.235. The number of carbonyl (C=O) groups is 1. The molecule has 1 atom stereocenters. The summed E-state index contributed by atoms with van der Waals surface area (Å²) < 4.78 is 11.4. The van der Waals surface area contributed by atoms with Crippen LogP contribution >= 0.6 is 0 Å². The third-order valence-corrected chi connectivity index (χ3v) is 3.83. The van der Waals surface area contributed by atoms with Gasteiger partial charge in [-0.05, 0) is 29.8 Å².